The lowest BCUT2D eigenvalue weighted by molar-refractivity contribution is -0.162. The maximum absolute atomic E-state index is 13.3. The zero-order chi connectivity index (χ0) is 37.7. The first-order valence-corrected chi connectivity index (χ1v) is 17.6. The number of amides is 1. The molecule has 0 spiro atoms. The van der Waals surface area contributed by atoms with E-state index in [9.17, 15) is 44.2 Å². The smallest absolute Gasteiger partial charge is 0.416 e. The first-order chi connectivity index (χ1) is 23.7. The maximum Gasteiger partial charge on any atom is 0.416 e. The molecule has 5 N–H and O–H groups in total. The number of amidine groups is 1. The monoisotopic (exact) mass is 750 g/mol. The standard InChI is InChI=1S/C31H27F3N4O4S2.C3H4F2O2/c1-19(23-14-13-21-5-2-3-6-24(21)16-23)36-30(35)27(37-43(40)26-8-4-7-25(17-26)31(32,33)34)15-20-9-11-22(12-10-20)28-18-29(39)38-44(28,41)42;1-3(4,5)2(6)7/h2-14,16-17,27-28,37H,1,15,18H2,(H2,35,36)(H,38,39);1H3,(H,6,7). The van der Waals surface area contributed by atoms with Gasteiger partial charge in [0.2, 0.25) is 15.9 Å². The molecule has 0 aliphatic carbocycles. The highest BCUT2D eigenvalue weighted by Gasteiger charge is 2.38. The number of aliphatic imine (C=N–C) groups is 1. The molecule has 17 heteroatoms. The fourth-order valence-electron chi connectivity index (χ4n) is 4.81. The van der Waals surface area contributed by atoms with Crippen LogP contribution < -0.4 is 15.2 Å². The van der Waals surface area contributed by atoms with Crippen molar-refractivity contribution in [3.8, 4) is 0 Å². The summed E-state index contributed by atoms with van der Waals surface area (Å²) >= 11 is 0. The lowest BCUT2D eigenvalue weighted by atomic mass is 10.0. The predicted octanol–water partition coefficient (Wildman–Crippen LogP) is 5.73. The number of carboxylic acids is 1. The van der Waals surface area contributed by atoms with Gasteiger partial charge in [-0.15, -0.1) is 0 Å². The first kappa shape index (κ1) is 38.8. The van der Waals surface area contributed by atoms with E-state index in [2.05, 4.69) is 16.3 Å². The molecule has 1 aliphatic heterocycles. The third-order valence-electron chi connectivity index (χ3n) is 7.50. The van der Waals surface area contributed by atoms with Crippen LogP contribution in [-0.2, 0) is 43.2 Å². The summed E-state index contributed by atoms with van der Waals surface area (Å²) < 4.78 is 105. The molecule has 3 unspecified atom stereocenters. The summed E-state index contributed by atoms with van der Waals surface area (Å²) in [7, 11) is -5.95. The molecule has 0 radical (unpaired) electrons. The average molecular weight is 751 g/mol. The fraction of sp³-hybridized carbons (Fsp3) is 0.206. The molecule has 5 rings (SSSR count). The Bertz CT molecular complexity index is 2120. The average Bonchev–Trinajstić information content (AvgIpc) is 3.35. The van der Waals surface area contributed by atoms with Crippen molar-refractivity contribution in [2.45, 2.75) is 48.1 Å². The van der Waals surface area contributed by atoms with Crippen molar-refractivity contribution in [1.82, 2.24) is 9.44 Å². The zero-order valence-corrected chi connectivity index (χ0v) is 28.3. The van der Waals surface area contributed by atoms with E-state index in [-0.39, 0.29) is 23.6 Å². The highest BCUT2D eigenvalue weighted by molar-refractivity contribution is 7.90. The lowest BCUT2D eigenvalue weighted by Crippen LogP contribution is -2.44. The number of rotatable bonds is 10. The van der Waals surface area contributed by atoms with Gasteiger partial charge in [-0.2, -0.15) is 22.0 Å². The molecule has 3 atom stereocenters. The van der Waals surface area contributed by atoms with Gasteiger partial charge < -0.3 is 10.8 Å². The Morgan fingerprint density at radius 2 is 1.65 bits per heavy atom. The number of nitrogens with two attached hydrogens (primary N) is 1. The molecular weight excluding hydrogens is 720 g/mol. The van der Waals surface area contributed by atoms with Gasteiger partial charge in [-0.3, -0.25) is 9.52 Å². The van der Waals surface area contributed by atoms with Crippen LogP contribution in [0.15, 0.2) is 107 Å². The summed E-state index contributed by atoms with van der Waals surface area (Å²) in [6.07, 6.45) is -4.72. The fourth-order valence-corrected chi connectivity index (χ4v) is 7.27. The molecule has 0 aromatic heterocycles. The molecule has 1 heterocycles. The lowest BCUT2D eigenvalue weighted by Gasteiger charge is -2.19. The number of carbonyl (C=O) groups excluding carboxylic acids is 1. The Hall–Kier alpha value is -5.00. The Kier molecular flexibility index (Phi) is 11.8. The number of alkyl halides is 5. The molecule has 4 aromatic rings. The van der Waals surface area contributed by atoms with Crippen LogP contribution in [-0.4, -0.2) is 47.4 Å². The third-order valence-corrected chi connectivity index (χ3v) is 10.4. The van der Waals surface area contributed by atoms with Crippen molar-refractivity contribution in [1.29, 1.82) is 0 Å². The van der Waals surface area contributed by atoms with Crippen LogP contribution >= 0.6 is 0 Å². The number of sulfonamides is 1. The van der Waals surface area contributed by atoms with E-state index in [1.807, 2.05) is 47.2 Å². The molecule has 10 nitrogen and oxygen atoms in total. The second-order valence-corrected chi connectivity index (χ2v) is 14.5. The van der Waals surface area contributed by atoms with Crippen molar-refractivity contribution in [3.63, 3.8) is 0 Å². The topological polar surface area (TPSA) is 168 Å². The van der Waals surface area contributed by atoms with Crippen LogP contribution in [0, 0.1) is 0 Å². The van der Waals surface area contributed by atoms with Gasteiger partial charge >= 0.3 is 18.1 Å². The van der Waals surface area contributed by atoms with E-state index in [0.29, 0.717) is 29.3 Å². The largest absolute Gasteiger partial charge is 0.477 e. The molecule has 1 aliphatic rings. The number of carboxylic acid groups (broad SMARTS) is 1. The normalized spacial score (nSPS) is 17.2. The number of fused-ring (bicyclic) bond motifs is 1. The van der Waals surface area contributed by atoms with Crippen molar-refractivity contribution in [3.05, 3.63) is 120 Å². The molecule has 51 heavy (non-hydrogen) atoms. The van der Waals surface area contributed by atoms with Crippen LogP contribution in [0.1, 0.15) is 40.8 Å². The minimum absolute atomic E-state index is 0.0132. The number of halogens is 5. The van der Waals surface area contributed by atoms with Gasteiger partial charge in [-0.25, -0.2) is 27.1 Å². The van der Waals surface area contributed by atoms with Crippen LogP contribution in [0.2, 0.25) is 0 Å². The quantitative estimate of drug-likeness (QED) is 0.0913. The Morgan fingerprint density at radius 1 is 1.02 bits per heavy atom. The highest BCUT2D eigenvalue weighted by atomic mass is 32.2. The second-order valence-electron chi connectivity index (χ2n) is 11.4. The zero-order valence-electron chi connectivity index (χ0n) is 26.7. The molecule has 4 aromatic carbocycles. The number of carbonyl (C=O) groups is 2. The van der Waals surface area contributed by atoms with Crippen molar-refractivity contribution >= 4 is 55.2 Å². The molecule has 0 saturated carbocycles. The van der Waals surface area contributed by atoms with Crippen molar-refractivity contribution in [2.75, 3.05) is 0 Å². The van der Waals surface area contributed by atoms with E-state index in [1.165, 1.54) is 12.1 Å². The number of hydrogen-bond acceptors (Lipinski definition) is 6. The Morgan fingerprint density at radius 3 is 2.22 bits per heavy atom. The van der Waals surface area contributed by atoms with Gasteiger partial charge in [0.1, 0.15) is 22.1 Å². The summed E-state index contributed by atoms with van der Waals surface area (Å²) in [6, 6.07) is 23.0. The van der Waals surface area contributed by atoms with Gasteiger partial charge in [-0.05, 0) is 52.6 Å². The molecule has 270 valence electrons. The van der Waals surface area contributed by atoms with Crippen molar-refractivity contribution in [2.24, 2.45) is 10.7 Å². The summed E-state index contributed by atoms with van der Waals surface area (Å²) in [5, 5.41) is 8.45. The van der Waals surface area contributed by atoms with Gasteiger partial charge in [0, 0.05) is 12.5 Å². The van der Waals surface area contributed by atoms with E-state index in [0.717, 1.165) is 22.9 Å². The summed E-state index contributed by atoms with van der Waals surface area (Å²) in [6.45, 7) is 4.35. The maximum atomic E-state index is 13.3. The minimum atomic E-state index is -4.62. The van der Waals surface area contributed by atoms with E-state index >= 15 is 0 Å². The molecule has 1 fully saturated rings. The SMILES string of the molecule is C=C(N=C(N)C(Cc1ccc(C2CC(=O)NS2(=O)=O)cc1)NS(=O)c1cccc(C(F)(F)F)c1)c1ccc2ccccc2c1.CC(F)(F)C(=O)O. The Labute approximate surface area is 291 Å². The van der Waals surface area contributed by atoms with E-state index in [1.54, 1.807) is 24.3 Å². The predicted molar refractivity (Wildman–Crippen MR) is 182 cm³/mol. The van der Waals surface area contributed by atoms with Crippen LogP contribution in [0.4, 0.5) is 22.0 Å². The summed E-state index contributed by atoms with van der Waals surface area (Å²) in [4.78, 5) is 25.3. The highest BCUT2D eigenvalue weighted by Crippen LogP contribution is 2.31. The van der Waals surface area contributed by atoms with Gasteiger partial charge in [0.25, 0.3) is 0 Å². The molecular formula is C34H31F5N4O6S2. The van der Waals surface area contributed by atoms with Crippen LogP contribution in [0.5, 0.6) is 0 Å². The van der Waals surface area contributed by atoms with Crippen molar-refractivity contribution < 1.29 is 49.3 Å². The first-order valence-electron chi connectivity index (χ1n) is 14.9. The Balaban J connectivity index is 0.000000755. The van der Waals surface area contributed by atoms with Crippen LogP contribution in [0.25, 0.3) is 16.5 Å². The summed E-state index contributed by atoms with van der Waals surface area (Å²) in [5.41, 5.74) is 7.52. The van der Waals surface area contributed by atoms with E-state index in [4.69, 9.17) is 10.8 Å². The number of benzene rings is 4. The van der Waals surface area contributed by atoms with Crippen LogP contribution in [0.3, 0.4) is 0 Å². The number of nitrogens with zero attached hydrogens (tertiary/aromatic N) is 1. The third kappa shape index (κ3) is 10.3. The number of aliphatic carboxylic acids is 1. The molecule has 1 saturated heterocycles. The van der Waals surface area contributed by atoms with Gasteiger partial charge in [-0.1, -0.05) is 73.3 Å². The molecule has 0 bridgehead atoms. The summed E-state index contributed by atoms with van der Waals surface area (Å²) in [5.74, 6) is -6.27. The number of hydrogen-bond donors (Lipinski definition) is 4. The van der Waals surface area contributed by atoms with Gasteiger partial charge in [0.15, 0.2) is 0 Å². The van der Waals surface area contributed by atoms with E-state index < -0.39 is 61.8 Å². The van der Waals surface area contributed by atoms with Gasteiger partial charge in [0.05, 0.1) is 28.6 Å². The second kappa shape index (κ2) is 15.5. The molecule has 1 amide bonds. The number of nitrogens with one attached hydrogen (secondary N) is 2. The minimum Gasteiger partial charge on any atom is -0.477 e.